The molecular formula is C13H7BrCl2OS. The number of benzene rings is 1. The second-order valence-electron chi connectivity index (χ2n) is 3.46. The molecule has 0 aliphatic rings. The van der Waals surface area contributed by atoms with E-state index < -0.39 is 0 Å². The van der Waals surface area contributed by atoms with Crippen LogP contribution in [0.25, 0.3) is 6.08 Å². The molecule has 1 heterocycles. The van der Waals surface area contributed by atoms with Crippen LogP contribution in [0.5, 0.6) is 0 Å². The number of hydrogen-bond donors (Lipinski definition) is 0. The van der Waals surface area contributed by atoms with E-state index in [0.717, 1.165) is 8.66 Å². The number of carbonyl (C=O) groups excluding carboxylic acids is 1. The van der Waals surface area contributed by atoms with Gasteiger partial charge in [0.15, 0.2) is 5.78 Å². The Labute approximate surface area is 127 Å². The van der Waals surface area contributed by atoms with Crippen molar-refractivity contribution in [3.63, 3.8) is 0 Å². The maximum Gasteiger partial charge on any atom is 0.187 e. The SMILES string of the molecule is O=C(/C=C/c1ccc(Br)s1)c1cc(Cl)ccc1Cl. The molecule has 0 fully saturated rings. The van der Waals surface area contributed by atoms with Crippen LogP contribution >= 0.6 is 50.5 Å². The summed E-state index contributed by atoms with van der Waals surface area (Å²) < 4.78 is 1.02. The van der Waals surface area contributed by atoms with Crippen LogP contribution in [0.4, 0.5) is 0 Å². The van der Waals surface area contributed by atoms with E-state index in [1.54, 1.807) is 35.6 Å². The van der Waals surface area contributed by atoms with Crippen LogP contribution in [0.2, 0.25) is 10.0 Å². The zero-order valence-corrected chi connectivity index (χ0v) is 12.9. The summed E-state index contributed by atoms with van der Waals surface area (Å²) in [5, 5.41) is 0.899. The van der Waals surface area contributed by atoms with Crippen molar-refractivity contribution in [2.45, 2.75) is 0 Å². The highest BCUT2D eigenvalue weighted by molar-refractivity contribution is 9.11. The molecule has 0 saturated heterocycles. The Hall–Kier alpha value is -0.610. The molecule has 0 saturated carbocycles. The lowest BCUT2D eigenvalue weighted by Crippen LogP contribution is -1.95. The van der Waals surface area contributed by atoms with Crippen LogP contribution in [0, 0.1) is 0 Å². The molecule has 92 valence electrons. The second-order valence-corrected chi connectivity index (χ2v) is 6.80. The molecule has 0 unspecified atom stereocenters. The zero-order chi connectivity index (χ0) is 13.1. The van der Waals surface area contributed by atoms with Gasteiger partial charge in [-0.15, -0.1) is 11.3 Å². The van der Waals surface area contributed by atoms with E-state index in [1.165, 1.54) is 6.08 Å². The normalized spacial score (nSPS) is 11.1. The van der Waals surface area contributed by atoms with Crippen molar-refractivity contribution in [3.8, 4) is 0 Å². The average Bonchev–Trinajstić information content (AvgIpc) is 2.75. The van der Waals surface area contributed by atoms with Gasteiger partial charge in [-0.2, -0.15) is 0 Å². The number of allylic oxidation sites excluding steroid dienone is 1. The van der Waals surface area contributed by atoms with E-state index in [0.29, 0.717) is 15.6 Å². The van der Waals surface area contributed by atoms with Crippen LogP contribution in [-0.4, -0.2) is 5.78 Å². The first-order valence-corrected chi connectivity index (χ1v) is 7.35. The van der Waals surface area contributed by atoms with Crippen LogP contribution in [0.15, 0.2) is 40.2 Å². The molecule has 0 aliphatic heterocycles. The Bertz CT molecular complexity index is 619. The van der Waals surface area contributed by atoms with E-state index in [-0.39, 0.29) is 5.78 Å². The first-order chi connectivity index (χ1) is 8.56. The van der Waals surface area contributed by atoms with Crippen LogP contribution in [0.3, 0.4) is 0 Å². The molecule has 5 heteroatoms. The lowest BCUT2D eigenvalue weighted by molar-refractivity contribution is 0.104. The van der Waals surface area contributed by atoms with Gasteiger partial charge in [0.1, 0.15) is 0 Å². The van der Waals surface area contributed by atoms with Gasteiger partial charge in [0.25, 0.3) is 0 Å². The first-order valence-electron chi connectivity index (χ1n) is 4.99. The maximum atomic E-state index is 12.0. The summed E-state index contributed by atoms with van der Waals surface area (Å²) in [7, 11) is 0. The van der Waals surface area contributed by atoms with Crippen molar-refractivity contribution in [1.29, 1.82) is 0 Å². The Morgan fingerprint density at radius 2 is 2.00 bits per heavy atom. The third-order valence-electron chi connectivity index (χ3n) is 2.19. The van der Waals surface area contributed by atoms with E-state index in [4.69, 9.17) is 23.2 Å². The molecule has 18 heavy (non-hydrogen) atoms. The van der Waals surface area contributed by atoms with Gasteiger partial charge < -0.3 is 0 Å². The maximum absolute atomic E-state index is 12.0. The third-order valence-corrected chi connectivity index (χ3v) is 4.34. The number of hydrogen-bond acceptors (Lipinski definition) is 2. The minimum Gasteiger partial charge on any atom is -0.289 e. The highest BCUT2D eigenvalue weighted by Crippen LogP contribution is 2.24. The van der Waals surface area contributed by atoms with Crippen molar-refractivity contribution >= 4 is 62.3 Å². The van der Waals surface area contributed by atoms with Gasteiger partial charge in [0.05, 0.1) is 8.81 Å². The minimum atomic E-state index is -0.160. The molecule has 0 aliphatic carbocycles. The fourth-order valence-electron chi connectivity index (χ4n) is 1.35. The van der Waals surface area contributed by atoms with Gasteiger partial charge in [0.2, 0.25) is 0 Å². The Morgan fingerprint density at radius 1 is 1.22 bits per heavy atom. The molecule has 0 atom stereocenters. The highest BCUT2D eigenvalue weighted by atomic mass is 79.9. The van der Waals surface area contributed by atoms with Crippen molar-refractivity contribution < 1.29 is 4.79 Å². The standard InChI is InChI=1S/C13H7BrCl2OS/c14-13-6-3-9(18-13)2-5-12(17)10-7-8(15)1-4-11(10)16/h1-7H/b5-2+. The van der Waals surface area contributed by atoms with Crippen LogP contribution in [-0.2, 0) is 0 Å². The molecule has 0 amide bonds. The molecular weight excluding hydrogens is 355 g/mol. The Morgan fingerprint density at radius 3 is 2.67 bits per heavy atom. The molecule has 0 N–H and O–H groups in total. The molecule has 1 nitrogen and oxygen atoms in total. The summed E-state index contributed by atoms with van der Waals surface area (Å²) in [5.41, 5.74) is 0.413. The molecule has 2 aromatic rings. The van der Waals surface area contributed by atoms with Crippen molar-refractivity contribution in [3.05, 3.63) is 60.7 Å². The van der Waals surface area contributed by atoms with Crippen molar-refractivity contribution in [2.75, 3.05) is 0 Å². The monoisotopic (exact) mass is 360 g/mol. The summed E-state index contributed by atoms with van der Waals surface area (Å²) in [5.74, 6) is -0.160. The topological polar surface area (TPSA) is 17.1 Å². The predicted molar refractivity (Wildman–Crippen MR) is 81.8 cm³/mol. The molecule has 1 aromatic heterocycles. The molecule has 0 bridgehead atoms. The quantitative estimate of drug-likeness (QED) is 0.505. The van der Waals surface area contributed by atoms with Gasteiger partial charge in [-0.3, -0.25) is 4.79 Å². The highest BCUT2D eigenvalue weighted by Gasteiger charge is 2.08. The second kappa shape index (κ2) is 6.02. The summed E-state index contributed by atoms with van der Waals surface area (Å²) in [6.45, 7) is 0. The molecule has 1 aromatic carbocycles. The first kappa shape index (κ1) is 13.8. The summed E-state index contributed by atoms with van der Waals surface area (Å²) in [4.78, 5) is 13.0. The van der Waals surface area contributed by atoms with Crippen molar-refractivity contribution in [2.24, 2.45) is 0 Å². The fraction of sp³-hybridized carbons (Fsp3) is 0. The van der Waals surface area contributed by atoms with Crippen LogP contribution in [0.1, 0.15) is 15.2 Å². The lowest BCUT2D eigenvalue weighted by Gasteiger charge is -2.00. The van der Waals surface area contributed by atoms with Gasteiger partial charge in [-0.1, -0.05) is 23.2 Å². The molecule has 2 rings (SSSR count). The summed E-state index contributed by atoms with van der Waals surface area (Å²) in [6, 6.07) is 8.70. The minimum absolute atomic E-state index is 0.160. The number of carbonyl (C=O) groups is 1. The zero-order valence-electron chi connectivity index (χ0n) is 8.99. The van der Waals surface area contributed by atoms with Crippen molar-refractivity contribution in [1.82, 2.24) is 0 Å². The van der Waals surface area contributed by atoms with Gasteiger partial charge in [0, 0.05) is 15.5 Å². The predicted octanol–water partition coefficient (Wildman–Crippen LogP) is 5.71. The number of thiophene rings is 1. The summed E-state index contributed by atoms with van der Waals surface area (Å²) >= 11 is 16.7. The Kier molecular flexibility index (Phi) is 4.62. The molecule has 0 spiro atoms. The van der Waals surface area contributed by atoms with Crippen LogP contribution < -0.4 is 0 Å². The molecule has 0 radical (unpaired) electrons. The van der Waals surface area contributed by atoms with Gasteiger partial charge in [-0.25, -0.2) is 0 Å². The lowest BCUT2D eigenvalue weighted by atomic mass is 10.1. The number of ketones is 1. The van der Waals surface area contributed by atoms with E-state index in [1.807, 2.05) is 12.1 Å². The Balaban J connectivity index is 2.22. The average molecular weight is 362 g/mol. The largest absolute Gasteiger partial charge is 0.289 e. The number of halogens is 3. The number of rotatable bonds is 3. The van der Waals surface area contributed by atoms with Gasteiger partial charge in [-0.05, 0) is 58.4 Å². The van der Waals surface area contributed by atoms with E-state index in [2.05, 4.69) is 15.9 Å². The summed E-state index contributed by atoms with van der Waals surface area (Å²) in [6.07, 6.45) is 3.25. The third kappa shape index (κ3) is 3.45. The fourth-order valence-corrected chi connectivity index (χ4v) is 3.06. The van der Waals surface area contributed by atoms with E-state index in [9.17, 15) is 4.79 Å². The van der Waals surface area contributed by atoms with Gasteiger partial charge >= 0.3 is 0 Å². The van der Waals surface area contributed by atoms with E-state index >= 15 is 0 Å². The smallest absolute Gasteiger partial charge is 0.187 e.